The molecule has 0 N–H and O–H groups in total. The lowest BCUT2D eigenvalue weighted by molar-refractivity contribution is -0.153. The Morgan fingerprint density at radius 1 is 1.33 bits per heavy atom. The lowest BCUT2D eigenvalue weighted by atomic mass is 10.1. The first-order valence-corrected chi connectivity index (χ1v) is 7.37. The average molecular weight is 288 g/mol. The number of carbonyl (C=O) groups is 1. The molecule has 0 atom stereocenters. The lowest BCUT2D eigenvalue weighted by Gasteiger charge is -2.20. The number of ether oxygens (including phenoxy) is 1. The molecule has 0 aliphatic carbocycles. The zero-order chi connectivity index (χ0) is 15.8. The van der Waals surface area contributed by atoms with E-state index >= 15 is 0 Å². The predicted molar refractivity (Wildman–Crippen MR) is 84.4 cm³/mol. The number of para-hydroxylation sites is 1. The summed E-state index contributed by atoms with van der Waals surface area (Å²) in [7, 11) is 0. The average Bonchev–Trinajstić information content (AvgIpc) is 2.66. The zero-order valence-electron chi connectivity index (χ0n) is 13.7. The number of carbonyl (C=O) groups excluding carboxylic acids is 1. The molecule has 0 unspecified atom stereocenters. The van der Waals surface area contributed by atoms with E-state index in [-0.39, 0.29) is 18.4 Å². The van der Waals surface area contributed by atoms with Crippen LogP contribution in [0.3, 0.4) is 0 Å². The normalized spacial score (nSPS) is 12.1. The second kappa shape index (κ2) is 5.51. The van der Waals surface area contributed by atoms with Crippen LogP contribution in [0.15, 0.2) is 18.2 Å². The summed E-state index contributed by atoms with van der Waals surface area (Å²) in [4.78, 5) is 12.1. The molecule has 4 nitrogen and oxygen atoms in total. The predicted octanol–water partition coefficient (Wildman–Crippen LogP) is 3.81. The monoisotopic (exact) mass is 288 g/mol. The van der Waals surface area contributed by atoms with Crippen molar-refractivity contribution >= 4 is 16.9 Å². The molecular formula is C17H24N2O2. The van der Waals surface area contributed by atoms with Crippen LogP contribution < -0.4 is 0 Å². The van der Waals surface area contributed by atoms with E-state index in [9.17, 15) is 4.79 Å². The van der Waals surface area contributed by atoms with Gasteiger partial charge in [0.05, 0.1) is 17.6 Å². The van der Waals surface area contributed by atoms with Crippen LogP contribution >= 0.6 is 0 Å². The van der Waals surface area contributed by atoms with E-state index in [1.807, 2.05) is 44.5 Å². The molecule has 1 aromatic carbocycles. The van der Waals surface area contributed by atoms with Crippen LogP contribution in [0, 0.1) is 6.92 Å². The van der Waals surface area contributed by atoms with Crippen molar-refractivity contribution in [2.75, 3.05) is 0 Å². The van der Waals surface area contributed by atoms with Gasteiger partial charge >= 0.3 is 5.97 Å². The highest BCUT2D eigenvalue weighted by Crippen LogP contribution is 2.25. The number of hydrogen-bond donors (Lipinski definition) is 0. The van der Waals surface area contributed by atoms with Gasteiger partial charge in [0.2, 0.25) is 0 Å². The maximum Gasteiger partial charge on any atom is 0.310 e. The van der Waals surface area contributed by atoms with Crippen LogP contribution in [0.4, 0.5) is 0 Å². The number of nitrogens with zero attached hydrogens (tertiary/aromatic N) is 2. The van der Waals surface area contributed by atoms with Crippen LogP contribution in [0.25, 0.3) is 10.9 Å². The van der Waals surface area contributed by atoms with Crippen molar-refractivity contribution in [2.24, 2.45) is 0 Å². The largest absolute Gasteiger partial charge is 0.460 e. The molecule has 2 aromatic rings. The van der Waals surface area contributed by atoms with Crippen LogP contribution in [0.2, 0.25) is 0 Å². The fourth-order valence-corrected chi connectivity index (χ4v) is 2.47. The second-order valence-electron chi connectivity index (χ2n) is 6.70. The van der Waals surface area contributed by atoms with Crippen molar-refractivity contribution in [3.63, 3.8) is 0 Å². The van der Waals surface area contributed by atoms with Gasteiger partial charge in [-0.2, -0.15) is 5.10 Å². The Hall–Kier alpha value is -1.84. The number of aromatic nitrogens is 2. The van der Waals surface area contributed by atoms with Gasteiger partial charge < -0.3 is 4.74 Å². The number of rotatable bonds is 3. The number of benzene rings is 1. The molecule has 0 aliphatic heterocycles. The Morgan fingerprint density at radius 2 is 2.00 bits per heavy atom. The summed E-state index contributed by atoms with van der Waals surface area (Å²) >= 11 is 0. The molecule has 0 fully saturated rings. The highest BCUT2D eigenvalue weighted by atomic mass is 16.6. The van der Waals surface area contributed by atoms with Crippen molar-refractivity contribution in [2.45, 2.75) is 59.6 Å². The van der Waals surface area contributed by atoms with Gasteiger partial charge in [0.1, 0.15) is 5.60 Å². The minimum absolute atomic E-state index is 0.204. The molecule has 0 radical (unpaired) electrons. The van der Waals surface area contributed by atoms with Gasteiger partial charge in [-0.3, -0.25) is 9.48 Å². The summed E-state index contributed by atoms with van der Waals surface area (Å²) in [6.45, 7) is 11.8. The Kier molecular flexibility index (Phi) is 4.08. The molecule has 2 rings (SSSR count). The second-order valence-corrected chi connectivity index (χ2v) is 6.70. The summed E-state index contributed by atoms with van der Waals surface area (Å²) in [5.74, 6) is -0.204. The van der Waals surface area contributed by atoms with E-state index in [4.69, 9.17) is 4.74 Å². The smallest absolute Gasteiger partial charge is 0.310 e. The highest BCUT2D eigenvalue weighted by molar-refractivity contribution is 5.88. The van der Waals surface area contributed by atoms with Crippen LogP contribution in [0.5, 0.6) is 0 Å². The Balaban J connectivity index is 2.42. The van der Waals surface area contributed by atoms with Crippen molar-refractivity contribution in [3.8, 4) is 0 Å². The zero-order valence-corrected chi connectivity index (χ0v) is 13.7. The quantitative estimate of drug-likeness (QED) is 0.807. The van der Waals surface area contributed by atoms with Crippen LogP contribution in [-0.2, 0) is 16.0 Å². The van der Waals surface area contributed by atoms with Crippen molar-refractivity contribution < 1.29 is 9.53 Å². The summed E-state index contributed by atoms with van der Waals surface area (Å²) in [6, 6.07) is 6.25. The van der Waals surface area contributed by atoms with Crippen LogP contribution in [0.1, 0.15) is 51.9 Å². The summed E-state index contributed by atoms with van der Waals surface area (Å²) in [5, 5.41) is 5.70. The highest BCUT2D eigenvalue weighted by Gasteiger charge is 2.19. The van der Waals surface area contributed by atoms with E-state index in [0.29, 0.717) is 0 Å². The molecule has 0 spiro atoms. The van der Waals surface area contributed by atoms with Gasteiger partial charge in [-0.05, 0) is 47.1 Å². The van der Waals surface area contributed by atoms with Gasteiger partial charge in [0.15, 0.2) is 0 Å². The summed E-state index contributed by atoms with van der Waals surface area (Å²) < 4.78 is 7.42. The van der Waals surface area contributed by atoms with E-state index in [1.54, 1.807) is 0 Å². The van der Waals surface area contributed by atoms with Crippen LogP contribution in [-0.4, -0.2) is 21.4 Å². The molecule has 0 saturated heterocycles. The van der Waals surface area contributed by atoms with Gasteiger partial charge in [-0.15, -0.1) is 0 Å². The molecule has 0 aliphatic rings. The molecule has 4 heteroatoms. The third-order valence-electron chi connectivity index (χ3n) is 3.24. The first kappa shape index (κ1) is 15.5. The minimum Gasteiger partial charge on any atom is -0.460 e. The van der Waals surface area contributed by atoms with E-state index in [1.165, 1.54) is 0 Å². The molecular weight excluding hydrogens is 264 g/mol. The SMILES string of the molecule is Cc1nn(C(C)C)c2c(CC(=O)OC(C)(C)C)cccc12. The van der Waals surface area contributed by atoms with Crippen molar-refractivity contribution in [3.05, 3.63) is 29.5 Å². The van der Waals surface area contributed by atoms with Gasteiger partial charge in [0, 0.05) is 11.4 Å². The molecule has 114 valence electrons. The maximum absolute atomic E-state index is 12.1. The molecule has 21 heavy (non-hydrogen) atoms. The van der Waals surface area contributed by atoms with E-state index in [0.717, 1.165) is 22.2 Å². The third-order valence-corrected chi connectivity index (χ3v) is 3.24. The molecule has 0 saturated carbocycles. The number of esters is 1. The van der Waals surface area contributed by atoms with Crippen molar-refractivity contribution in [1.29, 1.82) is 0 Å². The fourth-order valence-electron chi connectivity index (χ4n) is 2.47. The Morgan fingerprint density at radius 3 is 2.57 bits per heavy atom. The van der Waals surface area contributed by atoms with E-state index in [2.05, 4.69) is 25.0 Å². The first-order valence-electron chi connectivity index (χ1n) is 7.37. The lowest BCUT2D eigenvalue weighted by Crippen LogP contribution is -2.25. The molecule has 0 amide bonds. The minimum atomic E-state index is -0.459. The summed E-state index contributed by atoms with van der Waals surface area (Å²) in [6.07, 6.45) is 0.270. The van der Waals surface area contributed by atoms with Gasteiger partial charge in [-0.25, -0.2) is 0 Å². The number of hydrogen-bond acceptors (Lipinski definition) is 3. The Labute approximate surface area is 126 Å². The third kappa shape index (κ3) is 3.43. The standard InChI is InChI=1S/C17H24N2O2/c1-11(2)19-16-13(10-15(20)21-17(4,5)6)8-7-9-14(16)12(3)18-19/h7-9,11H,10H2,1-6H3. The number of fused-ring (bicyclic) bond motifs is 1. The van der Waals surface area contributed by atoms with Crippen molar-refractivity contribution in [1.82, 2.24) is 9.78 Å². The molecule has 1 heterocycles. The first-order chi connectivity index (χ1) is 9.69. The topological polar surface area (TPSA) is 44.1 Å². The summed E-state index contributed by atoms with van der Waals surface area (Å²) in [5.41, 5.74) is 2.54. The maximum atomic E-state index is 12.1. The molecule has 1 aromatic heterocycles. The fraction of sp³-hybridized carbons (Fsp3) is 0.529. The van der Waals surface area contributed by atoms with Gasteiger partial charge in [0.25, 0.3) is 0 Å². The molecule has 0 bridgehead atoms. The number of aryl methyl sites for hydroxylation is 1. The van der Waals surface area contributed by atoms with Gasteiger partial charge in [-0.1, -0.05) is 18.2 Å². The Bertz CT molecular complexity index is 663. The van der Waals surface area contributed by atoms with E-state index < -0.39 is 5.60 Å².